The Bertz CT molecular complexity index is 218. The fraction of sp³-hybridized carbons (Fsp3) is 0.900. The van der Waals surface area contributed by atoms with Crippen LogP contribution >= 0.6 is 0 Å². The second-order valence-corrected chi connectivity index (χ2v) is 4.73. The molecule has 2 fully saturated rings. The Hall–Kier alpha value is -0.530. The molecule has 1 aliphatic carbocycles. The lowest BCUT2D eigenvalue weighted by atomic mass is 9.88. The van der Waals surface area contributed by atoms with Crippen molar-refractivity contribution in [3.05, 3.63) is 0 Å². The third kappa shape index (κ3) is 0.900. The van der Waals surface area contributed by atoms with Crippen LogP contribution in [0, 0.1) is 11.3 Å². The van der Waals surface area contributed by atoms with E-state index < -0.39 is 0 Å². The molecule has 1 amide bonds. The van der Waals surface area contributed by atoms with Gasteiger partial charge in [-0.3, -0.25) is 4.79 Å². The van der Waals surface area contributed by atoms with E-state index in [0.29, 0.717) is 23.3 Å². The molecule has 1 heterocycles. The van der Waals surface area contributed by atoms with Crippen LogP contribution < -0.4 is 0 Å². The van der Waals surface area contributed by atoms with Crippen LogP contribution in [0.15, 0.2) is 0 Å². The van der Waals surface area contributed by atoms with Gasteiger partial charge in [0.1, 0.15) is 0 Å². The minimum Gasteiger partial charge on any atom is -0.342 e. The van der Waals surface area contributed by atoms with Gasteiger partial charge in [-0.2, -0.15) is 0 Å². The van der Waals surface area contributed by atoms with Crippen LogP contribution in [0.1, 0.15) is 33.1 Å². The highest BCUT2D eigenvalue weighted by atomic mass is 16.2. The molecule has 2 heteroatoms. The fourth-order valence-corrected chi connectivity index (χ4v) is 2.88. The predicted molar refractivity (Wildman–Crippen MR) is 47.7 cm³/mol. The lowest BCUT2D eigenvalue weighted by molar-refractivity contribution is -0.128. The topological polar surface area (TPSA) is 20.3 Å². The van der Waals surface area contributed by atoms with Crippen LogP contribution in [0.2, 0.25) is 0 Å². The average molecular weight is 167 g/mol. The molecule has 68 valence electrons. The molecule has 2 aliphatic rings. The Morgan fingerprint density at radius 2 is 2.08 bits per heavy atom. The highest BCUT2D eigenvalue weighted by Crippen LogP contribution is 2.58. The van der Waals surface area contributed by atoms with Gasteiger partial charge in [0.15, 0.2) is 0 Å². The molecule has 1 unspecified atom stereocenters. The van der Waals surface area contributed by atoms with E-state index in [2.05, 4.69) is 13.8 Å². The van der Waals surface area contributed by atoms with E-state index in [9.17, 15) is 4.79 Å². The maximum Gasteiger partial charge on any atom is 0.223 e. The Morgan fingerprint density at radius 3 is 2.42 bits per heavy atom. The van der Waals surface area contributed by atoms with Crippen molar-refractivity contribution in [1.82, 2.24) is 4.90 Å². The van der Waals surface area contributed by atoms with Crippen molar-refractivity contribution in [2.45, 2.75) is 39.2 Å². The molecule has 0 aromatic carbocycles. The van der Waals surface area contributed by atoms with E-state index in [0.717, 1.165) is 6.42 Å². The first-order valence-corrected chi connectivity index (χ1v) is 4.82. The highest BCUT2D eigenvalue weighted by molar-refractivity contribution is 5.80. The van der Waals surface area contributed by atoms with Gasteiger partial charge >= 0.3 is 0 Å². The van der Waals surface area contributed by atoms with Crippen molar-refractivity contribution in [3.63, 3.8) is 0 Å². The third-order valence-electron chi connectivity index (χ3n) is 3.47. The molecule has 1 aliphatic heterocycles. The molecular formula is C10H17NO. The van der Waals surface area contributed by atoms with Gasteiger partial charge in [0, 0.05) is 19.5 Å². The van der Waals surface area contributed by atoms with Gasteiger partial charge < -0.3 is 4.90 Å². The summed E-state index contributed by atoms with van der Waals surface area (Å²) in [5.74, 6) is 0.968. The lowest BCUT2D eigenvalue weighted by Crippen LogP contribution is -2.36. The average Bonchev–Trinajstić information content (AvgIpc) is 2.63. The Kier molecular flexibility index (Phi) is 1.51. The second kappa shape index (κ2) is 2.24. The monoisotopic (exact) mass is 167 g/mol. The summed E-state index contributed by atoms with van der Waals surface area (Å²) < 4.78 is 0. The van der Waals surface area contributed by atoms with E-state index in [1.54, 1.807) is 0 Å². The normalized spacial score (nSPS) is 32.2. The van der Waals surface area contributed by atoms with Crippen molar-refractivity contribution in [3.8, 4) is 0 Å². The van der Waals surface area contributed by atoms with Crippen LogP contribution in [0.25, 0.3) is 0 Å². The number of rotatable bonds is 1. The molecule has 0 aromatic rings. The van der Waals surface area contributed by atoms with Crippen molar-refractivity contribution in [2.24, 2.45) is 11.3 Å². The van der Waals surface area contributed by atoms with Gasteiger partial charge in [0.2, 0.25) is 5.91 Å². The van der Waals surface area contributed by atoms with Crippen LogP contribution in [0.4, 0.5) is 0 Å². The summed E-state index contributed by atoms with van der Waals surface area (Å²) in [7, 11) is 1.96. The van der Waals surface area contributed by atoms with Gasteiger partial charge in [0.05, 0.1) is 0 Å². The first-order valence-electron chi connectivity index (χ1n) is 4.82. The summed E-state index contributed by atoms with van der Waals surface area (Å²) in [6.45, 7) is 4.44. The maximum atomic E-state index is 11.5. The number of amides is 1. The number of carbonyl (C=O) groups excluding carboxylic acids is 1. The molecule has 1 saturated carbocycles. The first-order chi connectivity index (χ1) is 5.57. The summed E-state index contributed by atoms with van der Waals surface area (Å²) in [4.78, 5) is 13.4. The van der Waals surface area contributed by atoms with Crippen LogP contribution in [-0.4, -0.2) is 23.9 Å². The molecule has 0 radical (unpaired) electrons. The molecule has 2 rings (SSSR count). The summed E-state index contributed by atoms with van der Waals surface area (Å²) in [6, 6.07) is 0.519. The van der Waals surface area contributed by atoms with Crippen molar-refractivity contribution >= 4 is 5.91 Å². The summed E-state index contributed by atoms with van der Waals surface area (Å²) in [5, 5.41) is 0. The van der Waals surface area contributed by atoms with E-state index in [1.165, 1.54) is 12.8 Å². The first kappa shape index (κ1) is 8.09. The fourth-order valence-electron chi connectivity index (χ4n) is 2.88. The zero-order chi connectivity index (χ0) is 8.93. The number of hydrogen-bond acceptors (Lipinski definition) is 1. The van der Waals surface area contributed by atoms with E-state index in [4.69, 9.17) is 0 Å². The summed E-state index contributed by atoms with van der Waals surface area (Å²) in [5.41, 5.74) is 0.403. The van der Waals surface area contributed by atoms with Crippen molar-refractivity contribution in [2.75, 3.05) is 7.05 Å². The molecule has 2 nitrogen and oxygen atoms in total. The maximum absolute atomic E-state index is 11.5. The van der Waals surface area contributed by atoms with E-state index >= 15 is 0 Å². The van der Waals surface area contributed by atoms with Gasteiger partial charge in [-0.15, -0.1) is 0 Å². The highest BCUT2D eigenvalue weighted by Gasteiger charge is 2.58. The van der Waals surface area contributed by atoms with Crippen molar-refractivity contribution in [1.29, 1.82) is 0 Å². The summed E-state index contributed by atoms with van der Waals surface area (Å²) >= 11 is 0. The molecule has 12 heavy (non-hydrogen) atoms. The Morgan fingerprint density at radius 1 is 1.50 bits per heavy atom. The number of nitrogens with zero attached hydrogens (tertiary/aromatic N) is 1. The largest absolute Gasteiger partial charge is 0.342 e. The zero-order valence-electron chi connectivity index (χ0n) is 8.13. The van der Waals surface area contributed by atoms with Gasteiger partial charge in [0.25, 0.3) is 0 Å². The molecule has 0 bridgehead atoms. The second-order valence-electron chi connectivity index (χ2n) is 4.73. The zero-order valence-corrected chi connectivity index (χ0v) is 8.13. The molecule has 1 saturated heterocycles. The SMILES string of the molecule is CC(C)C1N(C)C(=O)CC12CC2. The van der Waals surface area contributed by atoms with Gasteiger partial charge in [-0.05, 0) is 24.2 Å². The molecule has 0 N–H and O–H groups in total. The number of hydrogen-bond donors (Lipinski definition) is 0. The summed E-state index contributed by atoms with van der Waals surface area (Å²) in [6.07, 6.45) is 3.35. The predicted octanol–water partition coefficient (Wildman–Crippen LogP) is 1.65. The minimum absolute atomic E-state index is 0.353. The Labute approximate surface area is 73.9 Å². The Balaban J connectivity index is 2.23. The van der Waals surface area contributed by atoms with Crippen LogP contribution in [0.3, 0.4) is 0 Å². The lowest BCUT2D eigenvalue weighted by Gasteiger charge is -2.28. The minimum atomic E-state index is 0.353. The third-order valence-corrected chi connectivity index (χ3v) is 3.47. The number of likely N-dealkylation sites (tertiary alicyclic amines) is 1. The van der Waals surface area contributed by atoms with Crippen LogP contribution in [0.5, 0.6) is 0 Å². The molecule has 0 aromatic heterocycles. The van der Waals surface area contributed by atoms with Gasteiger partial charge in [-0.25, -0.2) is 0 Å². The van der Waals surface area contributed by atoms with Crippen LogP contribution in [-0.2, 0) is 4.79 Å². The van der Waals surface area contributed by atoms with Crippen molar-refractivity contribution < 1.29 is 4.79 Å². The molecular weight excluding hydrogens is 150 g/mol. The van der Waals surface area contributed by atoms with E-state index in [-0.39, 0.29) is 0 Å². The molecule has 1 spiro atoms. The van der Waals surface area contributed by atoms with Gasteiger partial charge in [-0.1, -0.05) is 13.8 Å². The van der Waals surface area contributed by atoms with E-state index in [1.807, 2.05) is 11.9 Å². The number of carbonyl (C=O) groups is 1. The molecule has 1 atom stereocenters. The smallest absolute Gasteiger partial charge is 0.223 e. The quantitative estimate of drug-likeness (QED) is 0.581. The standard InChI is InChI=1S/C10H17NO/c1-7(2)9-10(4-5-10)6-8(12)11(9)3/h7,9H,4-6H2,1-3H3.